The number of benzene rings is 3. The highest BCUT2D eigenvalue weighted by Gasteiger charge is 2.08. The molecule has 0 aliphatic rings. The molecule has 4 aromatic rings. The van der Waals surface area contributed by atoms with Crippen molar-refractivity contribution in [2.24, 2.45) is 0 Å². The zero-order chi connectivity index (χ0) is 15.6. The molecule has 0 amide bonds. The van der Waals surface area contributed by atoms with Crippen molar-refractivity contribution in [3.8, 4) is 11.3 Å². The van der Waals surface area contributed by atoms with Crippen LogP contribution in [-0.2, 0) is 0 Å². The molecule has 1 N–H and O–H groups in total. The lowest BCUT2D eigenvalue weighted by molar-refractivity contribution is 0.592. The zero-order valence-electron chi connectivity index (χ0n) is 12.2. The van der Waals surface area contributed by atoms with E-state index in [0.29, 0.717) is 6.01 Å². The van der Waals surface area contributed by atoms with Crippen molar-refractivity contribution in [2.75, 3.05) is 5.32 Å². The van der Waals surface area contributed by atoms with Crippen LogP contribution in [0.3, 0.4) is 0 Å². The smallest absolute Gasteiger partial charge is 0.299 e. The van der Waals surface area contributed by atoms with Gasteiger partial charge in [-0.15, -0.1) is 0 Å². The third kappa shape index (κ3) is 2.85. The van der Waals surface area contributed by atoms with E-state index in [2.05, 4.69) is 44.4 Å². The first-order valence-electron chi connectivity index (χ1n) is 7.26. The number of nitrogens with zero attached hydrogens (tertiary/aromatic N) is 1. The van der Waals surface area contributed by atoms with E-state index in [-0.39, 0.29) is 0 Å². The lowest BCUT2D eigenvalue weighted by atomic mass is 10.1. The van der Waals surface area contributed by atoms with Crippen molar-refractivity contribution in [1.82, 2.24) is 4.98 Å². The van der Waals surface area contributed by atoms with Gasteiger partial charge in [0.25, 0.3) is 6.01 Å². The molecule has 4 rings (SSSR count). The lowest BCUT2D eigenvalue weighted by Gasteiger charge is -2.06. The summed E-state index contributed by atoms with van der Waals surface area (Å²) in [6.45, 7) is 0. The van der Waals surface area contributed by atoms with Crippen LogP contribution in [0.2, 0.25) is 0 Å². The fourth-order valence-corrected chi connectivity index (χ4v) is 2.79. The van der Waals surface area contributed by atoms with Crippen LogP contribution in [0.5, 0.6) is 0 Å². The number of nitrogens with one attached hydrogen (secondary N) is 1. The van der Waals surface area contributed by atoms with Gasteiger partial charge in [0.2, 0.25) is 0 Å². The minimum Gasteiger partial charge on any atom is -0.423 e. The third-order valence-corrected chi connectivity index (χ3v) is 4.19. The van der Waals surface area contributed by atoms with Gasteiger partial charge in [0.05, 0.1) is 11.9 Å². The van der Waals surface area contributed by atoms with Gasteiger partial charge in [0.1, 0.15) is 0 Å². The third-order valence-electron chi connectivity index (χ3n) is 3.67. The SMILES string of the molecule is Brc1ccc(-c2cnc(Nc3cccc4ccccc34)o2)cc1. The normalized spacial score (nSPS) is 10.8. The highest BCUT2D eigenvalue weighted by atomic mass is 79.9. The van der Waals surface area contributed by atoms with Gasteiger partial charge in [0.15, 0.2) is 5.76 Å². The Bertz CT molecular complexity index is 955. The summed E-state index contributed by atoms with van der Waals surface area (Å²) in [5, 5.41) is 5.58. The first-order valence-corrected chi connectivity index (χ1v) is 8.05. The van der Waals surface area contributed by atoms with Crippen molar-refractivity contribution >= 4 is 38.4 Å². The van der Waals surface area contributed by atoms with Crippen molar-refractivity contribution in [3.63, 3.8) is 0 Å². The predicted octanol–water partition coefficient (Wildman–Crippen LogP) is 6.00. The van der Waals surface area contributed by atoms with Crippen LogP contribution in [0.15, 0.2) is 81.8 Å². The average molecular weight is 365 g/mol. The standard InChI is InChI=1S/C19H13BrN2O/c20-15-10-8-14(9-11-15)18-12-21-19(23-18)22-17-7-3-5-13-4-1-2-6-16(13)17/h1-12H,(H,21,22). The Morgan fingerprint density at radius 2 is 1.65 bits per heavy atom. The molecule has 112 valence electrons. The van der Waals surface area contributed by atoms with E-state index in [1.54, 1.807) is 6.20 Å². The number of halogens is 1. The molecule has 0 fully saturated rings. The summed E-state index contributed by atoms with van der Waals surface area (Å²) in [6, 6.07) is 22.8. The van der Waals surface area contributed by atoms with E-state index in [9.17, 15) is 0 Å². The molecular weight excluding hydrogens is 352 g/mol. The molecule has 1 heterocycles. The van der Waals surface area contributed by atoms with E-state index in [1.807, 2.05) is 48.5 Å². The van der Waals surface area contributed by atoms with Crippen LogP contribution >= 0.6 is 15.9 Å². The van der Waals surface area contributed by atoms with E-state index in [4.69, 9.17) is 4.42 Å². The van der Waals surface area contributed by atoms with Gasteiger partial charge in [-0.05, 0) is 23.6 Å². The summed E-state index contributed by atoms with van der Waals surface area (Å²) < 4.78 is 6.86. The second kappa shape index (κ2) is 5.89. The summed E-state index contributed by atoms with van der Waals surface area (Å²) in [5.41, 5.74) is 1.97. The Morgan fingerprint density at radius 1 is 0.870 bits per heavy atom. The number of anilines is 2. The Hall–Kier alpha value is -2.59. The second-order valence-electron chi connectivity index (χ2n) is 5.19. The topological polar surface area (TPSA) is 38.1 Å². The van der Waals surface area contributed by atoms with Crippen LogP contribution in [0.25, 0.3) is 22.1 Å². The van der Waals surface area contributed by atoms with Gasteiger partial charge in [-0.25, -0.2) is 4.98 Å². The molecular formula is C19H13BrN2O. The summed E-state index contributed by atoms with van der Waals surface area (Å²) in [7, 11) is 0. The fraction of sp³-hybridized carbons (Fsp3) is 0. The summed E-state index contributed by atoms with van der Waals surface area (Å²) in [6.07, 6.45) is 1.73. The quantitative estimate of drug-likeness (QED) is 0.484. The maximum absolute atomic E-state index is 5.82. The number of oxazole rings is 1. The zero-order valence-corrected chi connectivity index (χ0v) is 13.7. The highest BCUT2D eigenvalue weighted by Crippen LogP contribution is 2.29. The van der Waals surface area contributed by atoms with Crippen molar-refractivity contribution in [3.05, 3.63) is 77.4 Å². The number of aromatic nitrogens is 1. The molecule has 0 aliphatic carbocycles. The molecule has 3 nitrogen and oxygen atoms in total. The van der Waals surface area contributed by atoms with Crippen LogP contribution < -0.4 is 5.32 Å². The molecule has 0 saturated carbocycles. The first-order chi connectivity index (χ1) is 11.3. The van der Waals surface area contributed by atoms with Crippen LogP contribution in [0.1, 0.15) is 0 Å². The number of hydrogen-bond acceptors (Lipinski definition) is 3. The highest BCUT2D eigenvalue weighted by molar-refractivity contribution is 9.10. The van der Waals surface area contributed by atoms with Gasteiger partial charge in [0, 0.05) is 15.4 Å². The van der Waals surface area contributed by atoms with E-state index in [1.165, 1.54) is 5.39 Å². The second-order valence-corrected chi connectivity index (χ2v) is 6.10. The summed E-state index contributed by atoms with van der Waals surface area (Å²) in [4.78, 5) is 4.33. The fourth-order valence-electron chi connectivity index (χ4n) is 2.53. The van der Waals surface area contributed by atoms with Gasteiger partial charge in [-0.1, -0.05) is 64.5 Å². The molecule has 0 bridgehead atoms. The maximum Gasteiger partial charge on any atom is 0.299 e. The maximum atomic E-state index is 5.82. The lowest BCUT2D eigenvalue weighted by Crippen LogP contribution is -1.90. The number of fused-ring (bicyclic) bond motifs is 1. The van der Waals surface area contributed by atoms with Crippen LogP contribution in [0.4, 0.5) is 11.7 Å². The molecule has 3 aromatic carbocycles. The van der Waals surface area contributed by atoms with Gasteiger partial charge in [-0.3, -0.25) is 0 Å². The average Bonchev–Trinajstić information content (AvgIpc) is 3.04. The van der Waals surface area contributed by atoms with Crippen molar-refractivity contribution < 1.29 is 4.42 Å². The van der Waals surface area contributed by atoms with Gasteiger partial charge >= 0.3 is 0 Å². The molecule has 23 heavy (non-hydrogen) atoms. The van der Waals surface area contributed by atoms with E-state index < -0.39 is 0 Å². The Kier molecular flexibility index (Phi) is 3.60. The van der Waals surface area contributed by atoms with E-state index >= 15 is 0 Å². The Labute approximate surface area is 142 Å². The van der Waals surface area contributed by atoms with Crippen LogP contribution in [-0.4, -0.2) is 4.98 Å². The Morgan fingerprint density at radius 3 is 2.52 bits per heavy atom. The summed E-state index contributed by atoms with van der Waals surface area (Å²) >= 11 is 3.43. The molecule has 0 atom stereocenters. The monoisotopic (exact) mass is 364 g/mol. The molecule has 1 aromatic heterocycles. The first kappa shape index (κ1) is 14.0. The molecule has 4 heteroatoms. The Balaban J connectivity index is 1.66. The van der Waals surface area contributed by atoms with Crippen molar-refractivity contribution in [1.29, 1.82) is 0 Å². The number of hydrogen-bond donors (Lipinski definition) is 1. The molecule has 0 unspecified atom stereocenters. The molecule has 0 saturated heterocycles. The predicted molar refractivity (Wildman–Crippen MR) is 96.9 cm³/mol. The number of rotatable bonds is 3. The molecule has 0 radical (unpaired) electrons. The largest absolute Gasteiger partial charge is 0.423 e. The van der Waals surface area contributed by atoms with E-state index in [0.717, 1.165) is 26.9 Å². The van der Waals surface area contributed by atoms with Crippen molar-refractivity contribution in [2.45, 2.75) is 0 Å². The summed E-state index contributed by atoms with van der Waals surface area (Å²) in [5.74, 6) is 0.736. The minimum atomic E-state index is 0.485. The van der Waals surface area contributed by atoms with Gasteiger partial charge < -0.3 is 9.73 Å². The van der Waals surface area contributed by atoms with Gasteiger partial charge in [-0.2, -0.15) is 0 Å². The molecule has 0 aliphatic heterocycles. The minimum absolute atomic E-state index is 0.485. The van der Waals surface area contributed by atoms with Crippen LogP contribution in [0, 0.1) is 0 Å². The molecule has 0 spiro atoms.